The molecule has 178 valence electrons. The first-order valence-corrected chi connectivity index (χ1v) is 12.3. The summed E-state index contributed by atoms with van der Waals surface area (Å²) in [6, 6.07) is 33.3. The smallest absolute Gasteiger partial charge is 0.300 e. The SMILES string of the molecule is CCC1CC(CCOC(c2ccccc2)(c2ccccc2)c2ccccc2)Oc2nc(=O)ccn21. The van der Waals surface area contributed by atoms with Crippen LogP contribution in [-0.4, -0.2) is 22.3 Å². The molecule has 5 nitrogen and oxygen atoms in total. The van der Waals surface area contributed by atoms with Gasteiger partial charge in [-0.15, -0.1) is 0 Å². The quantitative estimate of drug-likeness (QED) is 0.311. The molecule has 0 spiro atoms. The highest BCUT2D eigenvalue weighted by Gasteiger charge is 2.38. The lowest BCUT2D eigenvalue weighted by atomic mass is 9.80. The first-order chi connectivity index (χ1) is 17.2. The van der Waals surface area contributed by atoms with Gasteiger partial charge < -0.3 is 9.47 Å². The third kappa shape index (κ3) is 4.64. The van der Waals surface area contributed by atoms with Crippen LogP contribution in [0.5, 0.6) is 6.01 Å². The summed E-state index contributed by atoms with van der Waals surface area (Å²) in [6.07, 6.45) is 4.20. The number of fused-ring (bicyclic) bond motifs is 1. The van der Waals surface area contributed by atoms with Crippen molar-refractivity contribution in [3.05, 3.63) is 130 Å². The standard InChI is InChI=1S/C30H30N2O3/c1-2-26-22-27(35-29-31-28(33)18-20-32(26)29)19-21-34-30(23-12-6-3-7-13-23,24-14-8-4-9-15-24)25-16-10-5-11-17-25/h3-18,20,26-27H,2,19,21-22H2,1H3. The van der Waals surface area contributed by atoms with Gasteiger partial charge in [0.05, 0.1) is 6.61 Å². The van der Waals surface area contributed by atoms with Gasteiger partial charge in [0.25, 0.3) is 11.6 Å². The van der Waals surface area contributed by atoms with E-state index in [9.17, 15) is 4.79 Å². The lowest BCUT2D eigenvalue weighted by molar-refractivity contribution is -0.0112. The van der Waals surface area contributed by atoms with Gasteiger partial charge >= 0.3 is 0 Å². The summed E-state index contributed by atoms with van der Waals surface area (Å²) in [7, 11) is 0. The molecular weight excluding hydrogens is 436 g/mol. The van der Waals surface area contributed by atoms with E-state index < -0.39 is 5.60 Å². The van der Waals surface area contributed by atoms with Crippen LogP contribution >= 0.6 is 0 Å². The Bertz CT molecular complexity index is 1190. The second kappa shape index (κ2) is 10.3. The lowest BCUT2D eigenvalue weighted by Gasteiger charge is -2.37. The van der Waals surface area contributed by atoms with E-state index in [0.29, 0.717) is 19.0 Å². The van der Waals surface area contributed by atoms with Crippen molar-refractivity contribution in [2.75, 3.05) is 6.61 Å². The zero-order valence-corrected chi connectivity index (χ0v) is 19.9. The number of hydrogen-bond donors (Lipinski definition) is 0. The van der Waals surface area contributed by atoms with Gasteiger partial charge in [-0.2, -0.15) is 4.98 Å². The molecular formula is C30H30N2O3. The normalized spacial score (nSPS) is 17.4. The summed E-state index contributed by atoms with van der Waals surface area (Å²) in [5.74, 6) is 0. The molecule has 3 aromatic carbocycles. The van der Waals surface area contributed by atoms with Crippen LogP contribution < -0.4 is 10.3 Å². The fourth-order valence-electron chi connectivity index (χ4n) is 5.03. The number of hydrogen-bond acceptors (Lipinski definition) is 4. The van der Waals surface area contributed by atoms with Gasteiger partial charge in [0.1, 0.15) is 11.7 Å². The largest absolute Gasteiger partial charge is 0.461 e. The monoisotopic (exact) mass is 466 g/mol. The first-order valence-electron chi connectivity index (χ1n) is 12.3. The number of rotatable bonds is 8. The zero-order valence-electron chi connectivity index (χ0n) is 19.9. The van der Waals surface area contributed by atoms with Gasteiger partial charge in [-0.1, -0.05) is 97.9 Å². The fraction of sp³-hybridized carbons (Fsp3) is 0.267. The molecule has 0 fully saturated rings. The van der Waals surface area contributed by atoms with Crippen molar-refractivity contribution in [2.24, 2.45) is 0 Å². The number of ether oxygens (including phenoxy) is 2. The lowest BCUT2D eigenvalue weighted by Crippen LogP contribution is -2.36. The van der Waals surface area contributed by atoms with Gasteiger partial charge in [-0.3, -0.25) is 9.36 Å². The molecule has 2 atom stereocenters. The van der Waals surface area contributed by atoms with Crippen molar-refractivity contribution in [3.8, 4) is 6.01 Å². The molecule has 1 aliphatic heterocycles. The Labute approximate surface area is 206 Å². The van der Waals surface area contributed by atoms with Gasteiger partial charge in [-0.25, -0.2) is 0 Å². The van der Waals surface area contributed by atoms with Crippen LogP contribution in [0, 0.1) is 0 Å². The van der Waals surface area contributed by atoms with Crippen molar-refractivity contribution in [1.29, 1.82) is 0 Å². The van der Waals surface area contributed by atoms with E-state index in [4.69, 9.17) is 9.47 Å². The zero-order chi connectivity index (χ0) is 24.1. The summed E-state index contributed by atoms with van der Waals surface area (Å²) >= 11 is 0. The molecule has 0 radical (unpaired) electrons. The van der Waals surface area contributed by atoms with Crippen molar-refractivity contribution in [3.63, 3.8) is 0 Å². The maximum absolute atomic E-state index is 11.8. The maximum atomic E-state index is 11.8. The summed E-state index contributed by atoms with van der Waals surface area (Å²) < 4.78 is 15.0. The molecule has 1 aliphatic rings. The van der Waals surface area contributed by atoms with E-state index in [2.05, 4.69) is 84.7 Å². The maximum Gasteiger partial charge on any atom is 0.300 e. The fourth-order valence-corrected chi connectivity index (χ4v) is 5.03. The van der Waals surface area contributed by atoms with Crippen LogP contribution in [0.15, 0.2) is 108 Å². The van der Waals surface area contributed by atoms with Crippen LogP contribution in [0.4, 0.5) is 0 Å². The summed E-state index contributed by atoms with van der Waals surface area (Å²) in [5.41, 5.74) is 2.19. The Morgan fingerprint density at radius 3 is 1.94 bits per heavy atom. The van der Waals surface area contributed by atoms with Crippen LogP contribution in [0.25, 0.3) is 0 Å². The van der Waals surface area contributed by atoms with E-state index in [1.807, 2.05) is 22.8 Å². The Morgan fingerprint density at radius 1 is 0.886 bits per heavy atom. The van der Waals surface area contributed by atoms with Crippen molar-refractivity contribution < 1.29 is 9.47 Å². The Morgan fingerprint density at radius 2 is 1.43 bits per heavy atom. The van der Waals surface area contributed by atoms with Crippen molar-refractivity contribution in [2.45, 2.75) is 43.9 Å². The molecule has 0 bridgehead atoms. The van der Waals surface area contributed by atoms with E-state index in [1.54, 1.807) is 6.20 Å². The van der Waals surface area contributed by atoms with Gasteiger partial charge in [0.2, 0.25) is 0 Å². The second-order valence-electron chi connectivity index (χ2n) is 8.91. The molecule has 0 saturated carbocycles. The minimum absolute atomic E-state index is 0.0747. The molecule has 0 aliphatic carbocycles. The molecule has 5 heteroatoms. The Hall–Kier alpha value is -3.70. The molecule has 2 heterocycles. The summed E-state index contributed by atoms with van der Waals surface area (Å²) in [5, 5.41) is 0. The van der Waals surface area contributed by atoms with Crippen molar-refractivity contribution >= 4 is 0 Å². The first kappa shape index (κ1) is 23.1. The van der Waals surface area contributed by atoms with Crippen LogP contribution in [0.1, 0.15) is 48.9 Å². The highest BCUT2D eigenvalue weighted by Crippen LogP contribution is 2.41. The van der Waals surface area contributed by atoms with Gasteiger partial charge in [0.15, 0.2) is 0 Å². The van der Waals surface area contributed by atoms with Crippen LogP contribution in [0.2, 0.25) is 0 Å². The minimum Gasteiger partial charge on any atom is -0.461 e. The molecule has 0 amide bonds. The third-order valence-electron chi connectivity index (χ3n) is 6.78. The van der Waals surface area contributed by atoms with Crippen molar-refractivity contribution in [1.82, 2.24) is 9.55 Å². The van der Waals surface area contributed by atoms with E-state index in [0.717, 1.165) is 29.5 Å². The molecule has 2 unspecified atom stereocenters. The summed E-state index contributed by atoms with van der Waals surface area (Å²) in [4.78, 5) is 15.9. The molecule has 4 aromatic rings. The molecule has 0 saturated heterocycles. The third-order valence-corrected chi connectivity index (χ3v) is 6.78. The molecule has 35 heavy (non-hydrogen) atoms. The van der Waals surface area contributed by atoms with Gasteiger partial charge in [-0.05, 0) is 23.1 Å². The average Bonchev–Trinajstić information content (AvgIpc) is 2.92. The predicted octanol–water partition coefficient (Wildman–Crippen LogP) is 5.74. The van der Waals surface area contributed by atoms with Crippen LogP contribution in [0.3, 0.4) is 0 Å². The Balaban J connectivity index is 1.46. The summed E-state index contributed by atoms with van der Waals surface area (Å²) in [6.45, 7) is 2.63. The highest BCUT2D eigenvalue weighted by molar-refractivity contribution is 5.47. The number of nitrogens with zero attached hydrogens (tertiary/aromatic N) is 2. The molecule has 0 N–H and O–H groups in total. The Kier molecular flexibility index (Phi) is 6.77. The second-order valence-corrected chi connectivity index (χ2v) is 8.91. The highest BCUT2D eigenvalue weighted by atomic mass is 16.5. The predicted molar refractivity (Wildman–Crippen MR) is 137 cm³/mol. The van der Waals surface area contributed by atoms with E-state index >= 15 is 0 Å². The van der Waals surface area contributed by atoms with E-state index in [1.165, 1.54) is 6.07 Å². The molecule has 1 aromatic heterocycles. The number of aromatic nitrogens is 2. The molecule has 5 rings (SSSR count). The van der Waals surface area contributed by atoms with Gasteiger partial charge in [0, 0.05) is 31.1 Å². The van der Waals surface area contributed by atoms with Crippen LogP contribution in [-0.2, 0) is 10.3 Å². The number of benzene rings is 3. The van der Waals surface area contributed by atoms with E-state index in [-0.39, 0.29) is 17.7 Å². The topological polar surface area (TPSA) is 53.4 Å². The minimum atomic E-state index is -0.754. The average molecular weight is 467 g/mol.